The molecule has 88 valence electrons. The Balaban J connectivity index is 0.00000162. The first-order chi connectivity index (χ1) is 8.18. The molecule has 0 amide bonds. The van der Waals surface area contributed by atoms with Crippen molar-refractivity contribution in [1.29, 1.82) is 0 Å². The second kappa shape index (κ2) is 7.34. The van der Waals surface area contributed by atoms with Gasteiger partial charge in [0.25, 0.3) is 0 Å². The van der Waals surface area contributed by atoms with Gasteiger partial charge < -0.3 is 1.43 Å². The van der Waals surface area contributed by atoms with Crippen molar-refractivity contribution in [2.75, 3.05) is 0 Å². The van der Waals surface area contributed by atoms with Crippen LogP contribution in [0.2, 0.25) is 10.0 Å². The molecule has 0 aromatic heterocycles. The van der Waals surface area contributed by atoms with Crippen molar-refractivity contribution in [3.63, 3.8) is 0 Å². The maximum absolute atomic E-state index is 12.1. The van der Waals surface area contributed by atoms with E-state index in [4.69, 9.17) is 23.2 Å². The molecule has 0 saturated heterocycles. The van der Waals surface area contributed by atoms with Crippen molar-refractivity contribution < 1.29 is 25.1 Å². The summed E-state index contributed by atoms with van der Waals surface area (Å²) in [6, 6.07) is 14.6. The van der Waals surface area contributed by atoms with Gasteiger partial charge in [-0.2, -0.15) is 0 Å². The van der Waals surface area contributed by atoms with Crippen molar-refractivity contribution in [3.05, 3.63) is 64.1 Å². The Hall–Kier alpha value is -0.283. The molecule has 2 aromatic rings. The van der Waals surface area contributed by atoms with Gasteiger partial charge >= 0.3 is 18.9 Å². The summed E-state index contributed by atoms with van der Waals surface area (Å²) in [4.78, 5) is 12.1. The molecule has 0 spiro atoms. The standard InChI is InChI=1S/C13H9Cl2OP.Li.H/c14-10-7-4-8-11(15)12(10)13(16)17-9-5-2-1-3-6-9;;/h1-8,17H;;/q;+1;-1. The fraction of sp³-hybridized carbons (Fsp3) is 0. The molecular formula is C13H10Cl2LiOP. The van der Waals surface area contributed by atoms with Crippen LogP contribution in [0.15, 0.2) is 48.5 Å². The van der Waals surface area contributed by atoms with Crippen LogP contribution in [0.5, 0.6) is 0 Å². The van der Waals surface area contributed by atoms with E-state index in [1.54, 1.807) is 18.2 Å². The average Bonchev–Trinajstić information content (AvgIpc) is 2.30. The monoisotopic (exact) mass is 290 g/mol. The second-order valence-corrected chi connectivity index (χ2v) is 5.51. The summed E-state index contributed by atoms with van der Waals surface area (Å²) in [6.07, 6.45) is 0. The quantitative estimate of drug-likeness (QED) is 0.614. The van der Waals surface area contributed by atoms with Gasteiger partial charge in [-0.15, -0.1) is 0 Å². The average molecular weight is 291 g/mol. The number of hydrogen-bond acceptors (Lipinski definition) is 1. The number of halogens is 2. The van der Waals surface area contributed by atoms with Crippen molar-refractivity contribution >= 4 is 42.6 Å². The van der Waals surface area contributed by atoms with Gasteiger partial charge in [-0.25, -0.2) is 0 Å². The summed E-state index contributed by atoms with van der Waals surface area (Å²) in [7, 11) is 0.0407. The third-order valence-corrected chi connectivity index (χ3v) is 3.95. The predicted molar refractivity (Wildman–Crippen MR) is 76.3 cm³/mol. The van der Waals surface area contributed by atoms with Gasteiger partial charge in [0.1, 0.15) is 0 Å². The van der Waals surface area contributed by atoms with Crippen LogP contribution in [0.25, 0.3) is 0 Å². The first kappa shape index (κ1) is 15.8. The second-order valence-electron chi connectivity index (χ2n) is 3.42. The Morgan fingerprint density at radius 3 is 2.06 bits per heavy atom. The minimum Gasteiger partial charge on any atom is -1.00 e. The van der Waals surface area contributed by atoms with Crippen LogP contribution in [0.4, 0.5) is 0 Å². The Kier molecular flexibility index (Phi) is 6.43. The Bertz CT molecular complexity index is 531. The van der Waals surface area contributed by atoms with E-state index in [0.717, 1.165) is 5.30 Å². The smallest absolute Gasteiger partial charge is 1.00 e. The SMILES string of the molecule is O=C(Pc1ccccc1)c1c(Cl)cccc1Cl.[H-].[Li+]. The molecule has 2 rings (SSSR count). The Morgan fingerprint density at radius 1 is 0.944 bits per heavy atom. The number of benzene rings is 2. The fourth-order valence-electron chi connectivity index (χ4n) is 1.43. The molecule has 0 radical (unpaired) electrons. The van der Waals surface area contributed by atoms with Crippen LogP contribution >= 0.6 is 31.8 Å². The van der Waals surface area contributed by atoms with E-state index in [-0.39, 0.29) is 34.4 Å². The molecule has 1 nitrogen and oxygen atoms in total. The van der Waals surface area contributed by atoms with E-state index in [0.29, 0.717) is 15.6 Å². The zero-order valence-electron chi connectivity index (χ0n) is 10.8. The van der Waals surface area contributed by atoms with E-state index < -0.39 is 0 Å². The first-order valence-corrected chi connectivity index (χ1v) is 6.74. The molecule has 0 aliphatic carbocycles. The summed E-state index contributed by atoms with van der Waals surface area (Å²) >= 11 is 12.0. The third kappa shape index (κ3) is 3.85. The van der Waals surface area contributed by atoms with E-state index in [9.17, 15) is 4.79 Å². The summed E-state index contributed by atoms with van der Waals surface area (Å²) in [5, 5.41) is 1.80. The maximum Gasteiger partial charge on any atom is 1.00 e. The summed E-state index contributed by atoms with van der Waals surface area (Å²) in [5.74, 6) is 0. The largest absolute Gasteiger partial charge is 1.00 e. The molecular weight excluding hydrogens is 281 g/mol. The molecule has 0 saturated carbocycles. The van der Waals surface area contributed by atoms with Crippen molar-refractivity contribution in [3.8, 4) is 0 Å². The van der Waals surface area contributed by atoms with Crippen LogP contribution in [0, 0.1) is 0 Å². The summed E-state index contributed by atoms with van der Waals surface area (Å²) in [5.41, 5.74) is 0.379. The Labute approximate surface area is 131 Å². The molecule has 0 bridgehead atoms. The third-order valence-electron chi connectivity index (χ3n) is 2.22. The summed E-state index contributed by atoms with van der Waals surface area (Å²) in [6.45, 7) is 0. The van der Waals surface area contributed by atoms with Crippen LogP contribution in [0.1, 0.15) is 11.8 Å². The zero-order valence-corrected chi connectivity index (χ0v) is 12.3. The van der Waals surface area contributed by atoms with Crippen LogP contribution in [-0.4, -0.2) is 5.52 Å². The molecule has 0 aliphatic heterocycles. The molecule has 0 aliphatic rings. The van der Waals surface area contributed by atoms with Gasteiger partial charge in [0.05, 0.1) is 15.6 Å². The normalized spacial score (nSPS) is 10.3. The van der Waals surface area contributed by atoms with Gasteiger partial charge in [-0.3, -0.25) is 4.79 Å². The zero-order chi connectivity index (χ0) is 12.3. The predicted octanol–water partition coefficient (Wildman–Crippen LogP) is 1.25. The minimum atomic E-state index is -0.0354. The van der Waals surface area contributed by atoms with E-state index in [1.165, 1.54) is 0 Å². The molecule has 18 heavy (non-hydrogen) atoms. The maximum atomic E-state index is 12.1. The van der Waals surface area contributed by atoms with Crippen LogP contribution in [-0.2, 0) is 0 Å². The van der Waals surface area contributed by atoms with Crippen molar-refractivity contribution in [2.24, 2.45) is 0 Å². The topological polar surface area (TPSA) is 17.1 Å². The van der Waals surface area contributed by atoms with Crippen molar-refractivity contribution in [1.82, 2.24) is 0 Å². The molecule has 0 N–H and O–H groups in total. The van der Waals surface area contributed by atoms with E-state index >= 15 is 0 Å². The first-order valence-electron chi connectivity index (χ1n) is 4.99. The van der Waals surface area contributed by atoms with Crippen LogP contribution < -0.4 is 24.2 Å². The molecule has 0 fully saturated rings. The number of rotatable bonds is 3. The van der Waals surface area contributed by atoms with Gasteiger partial charge in [0.15, 0.2) is 5.52 Å². The molecule has 0 heterocycles. The van der Waals surface area contributed by atoms with Gasteiger partial charge in [-0.1, -0.05) is 59.6 Å². The molecule has 5 heteroatoms. The van der Waals surface area contributed by atoms with E-state index in [2.05, 4.69) is 0 Å². The molecule has 1 unspecified atom stereocenters. The van der Waals surface area contributed by atoms with Crippen LogP contribution in [0.3, 0.4) is 0 Å². The summed E-state index contributed by atoms with van der Waals surface area (Å²) < 4.78 is 0. The number of carbonyl (C=O) groups is 1. The fourth-order valence-corrected chi connectivity index (χ4v) is 3.17. The number of hydrogen-bond donors (Lipinski definition) is 0. The van der Waals surface area contributed by atoms with E-state index in [1.807, 2.05) is 30.3 Å². The van der Waals surface area contributed by atoms with Crippen molar-refractivity contribution in [2.45, 2.75) is 0 Å². The Morgan fingerprint density at radius 2 is 1.50 bits per heavy atom. The minimum absolute atomic E-state index is 0. The number of carbonyl (C=O) groups excluding carboxylic acids is 1. The molecule has 1 atom stereocenters. The van der Waals surface area contributed by atoms with Gasteiger partial charge in [-0.05, 0) is 26.0 Å². The van der Waals surface area contributed by atoms with Gasteiger partial charge in [0, 0.05) is 0 Å². The van der Waals surface area contributed by atoms with Gasteiger partial charge in [0.2, 0.25) is 0 Å². The molecule has 2 aromatic carbocycles.